The Morgan fingerprint density at radius 2 is 1.97 bits per heavy atom. The highest BCUT2D eigenvalue weighted by molar-refractivity contribution is 6.00. The maximum atomic E-state index is 13.1. The number of benzene rings is 1. The standard InChI is InChI=1S/C22H27N3O3.C2H6/c1-22(2)10-16-21(18(26)11-22)20(14-6-4-5-7-19(14)27-3)15(12-24)17(25-16)13-28-9-8-23;1-2/h4-7,20,25H,8-11,13,23H2,1-3H3;1-2H3. The molecule has 1 aromatic carbocycles. The fourth-order valence-corrected chi connectivity index (χ4v) is 4.07. The number of dihydropyridines is 1. The van der Waals surface area contributed by atoms with Crippen molar-refractivity contribution in [3.63, 3.8) is 0 Å². The molecule has 162 valence electrons. The summed E-state index contributed by atoms with van der Waals surface area (Å²) in [6.45, 7) is 9.23. The number of hydrogen-bond donors (Lipinski definition) is 2. The van der Waals surface area contributed by atoms with Crippen LogP contribution in [0.2, 0.25) is 0 Å². The predicted molar refractivity (Wildman–Crippen MR) is 118 cm³/mol. The molecule has 1 aliphatic carbocycles. The molecule has 30 heavy (non-hydrogen) atoms. The number of nitriles is 1. The summed E-state index contributed by atoms with van der Waals surface area (Å²) in [6, 6.07) is 9.87. The van der Waals surface area contributed by atoms with E-state index >= 15 is 0 Å². The average molecular weight is 412 g/mol. The first-order chi connectivity index (χ1) is 14.4. The van der Waals surface area contributed by atoms with Crippen molar-refractivity contribution >= 4 is 5.78 Å². The molecule has 0 amide bonds. The summed E-state index contributed by atoms with van der Waals surface area (Å²) in [7, 11) is 1.60. The Bertz CT molecular complexity index is 878. The fraction of sp³-hybridized carbons (Fsp3) is 0.500. The monoisotopic (exact) mass is 411 g/mol. The van der Waals surface area contributed by atoms with Crippen LogP contribution in [0.3, 0.4) is 0 Å². The van der Waals surface area contributed by atoms with Crippen LogP contribution in [0.4, 0.5) is 0 Å². The Balaban J connectivity index is 0.00000155. The quantitative estimate of drug-likeness (QED) is 0.691. The summed E-state index contributed by atoms with van der Waals surface area (Å²) < 4.78 is 11.2. The number of nitrogens with one attached hydrogen (secondary N) is 1. The number of allylic oxidation sites excluding steroid dienone is 3. The Morgan fingerprint density at radius 1 is 1.27 bits per heavy atom. The second-order valence-electron chi connectivity index (χ2n) is 7.98. The van der Waals surface area contributed by atoms with Gasteiger partial charge in [0.1, 0.15) is 5.75 Å². The molecular formula is C24H33N3O3. The van der Waals surface area contributed by atoms with Crippen molar-refractivity contribution in [3.8, 4) is 11.8 Å². The average Bonchev–Trinajstić information content (AvgIpc) is 2.73. The Hall–Kier alpha value is -2.62. The summed E-state index contributed by atoms with van der Waals surface area (Å²) in [6.07, 6.45) is 1.19. The molecule has 0 spiro atoms. The first-order valence-electron chi connectivity index (χ1n) is 10.5. The summed E-state index contributed by atoms with van der Waals surface area (Å²) in [5.41, 5.74) is 8.94. The van der Waals surface area contributed by atoms with Crippen LogP contribution < -0.4 is 15.8 Å². The van der Waals surface area contributed by atoms with E-state index < -0.39 is 5.92 Å². The van der Waals surface area contributed by atoms with E-state index in [1.54, 1.807) is 7.11 Å². The van der Waals surface area contributed by atoms with Crippen molar-refractivity contribution in [1.82, 2.24) is 5.32 Å². The maximum Gasteiger partial charge on any atom is 0.162 e. The van der Waals surface area contributed by atoms with Crippen LogP contribution in [-0.4, -0.2) is 32.7 Å². The van der Waals surface area contributed by atoms with E-state index in [0.29, 0.717) is 42.2 Å². The maximum absolute atomic E-state index is 13.1. The van der Waals surface area contributed by atoms with Gasteiger partial charge in [0.25, 0.3) is 0 Å². The molecule has 1 unspecified atom stereocenters. The van der Waals surface area contributed by atoms with E-state index in [-0.39, 0.29) is 17.8 Å². The van der Waals surface area contributed by atoms with Gasteiger partial charge in [0.2, 0.25) is 0 Å². The lowest BCUT2D eigenvalue weighted by Crippen LogP contribution is -2.38. The van der Waals surface area contributed by atoms with Crippen LogP contribution in [-0.2, 0) is 9.53 Å². The number of carbonyl (C=O) groups excluding carboxylic acids is 1. The van der Waals surface area contributed by atoms with E-state index in [1.165, 1.54) is 0 Å². The number of hydrogen-bond acceptors (Lipinski definition) is 6. The summed E-state index contributed by atoms with van der Waals surface area (Å²) in [5, 5.41) is 13.3. The number of ether oxygens (including phenoxy) is 2. The van der Waals surface area contributed by atoms with Crippen molar-refractivity contribution in [3.05, 3.63) is 52.4 Å². The molecule has 1 aromatic rings. The van der Waals surface area contributed by atoms with Crippen molar-refractivity contribution < 1.29 is 14.3 Å². The molecule has 6 nitrogen and oxygen atoms in total. The molecule has 0 radical (unpaired) electrons. The van der Waals surface area contributed by atoms with E-state index in [2.05, 4.69) is 25.2 Å². The number of ketones is 1. The number of rotatable bonds is 6. The molecule has 2 aliphatic rings. The van der Waals surface area contributed by atoms with Gasteiger partial charge in [0.05, 0.1) is 43.6 Å². The van der Waals surface area contributed by atoms with Gasteiger partial charge in [-0.1, -0.05) is 45.9 Å². The van der Waals surface area contributed by atoms with Gasteiger partial charge in [0.15, 0.2) is 5.78 Å². The highest BCUT2D eigenvalue weighted by Crippen LogP contribution is 2.48. The minimum atomic E-state index is -0.461. The smallest absolute Gasteiger partial charge is 0.162 e. The number of carbonyl (C=O) groups is 1. The van der Waals surface area contributed by atoms with Crippen LogP contribution in [0.1, 0.15) is 52.0 Å². The Kier molecular flexibility index (Phi) is 8.22. The molecule has 0 saturated heterocycles. The SMILES string of the molecule is CC.COc1ccccc1C1C(C#N)=C(COCCN)NC2=C1C(=O)CC(C)(C)C2. The highest BCUT2D eigenvalue weighted by Gasteiger charge is 2.42. The van der Waals surface area contributed by atoms with Crippen LogP contribution in [0, 0.1) is 16.7 Å². The van der Waals surface area contributed by atoms with Crippen LogP contribution in [0.15, 0.2) is 46.8 Å². The zero-order valence-electron chi connectivity index (χ0n) is 18.7. The van der Waals surface area contributed by atoms with E-state index in [9.17, 15) is 10.1 Å². The highest BCUT2D eigenvalue weighted by atomic mass is 16.5. The molecule has 0 fully saturated rings. The molecule has 1 atom stereocenters. The van der Waals surface area contributed by atoms with Crippen molar-refractivity contribution in [2.24, 2.45) is 11.1 Å². The van der Waals surface area contributed by atoms with Gasteiger partial charge < -0.3 is 20.5 Å². The molecule has 1 heterocycles. The van der Waals surface area contributed by atoms with Gasteiger partial charge in [-0.2, -0.15) is 5.26 Å². The third-order valence-electron chi connectivity index (χ3n) is 5.20. The first kappa shape index (κ1) is 23.7. The van der Waals surface area contributed by atoms with E-state index in [1.807, 2.05) is 38.1 Å². The van der Waals surface area contributed by atoms with Crippen LogP contribution >= 0.6 is 0 Å². The summed E-state index contributed by atoms with van der Waals surface area (Å²) >= 11 is 0. The van der Waals surface area contributed by atoms with Crippen LogP contribution in [0.25, 0.3) is 0 Å². The second kappa shape index (κ2) is 10.4. The molecule has 3 N–H and O–H groups in total. The number of nitrogens with zero attached hydrogens (tertiary/aromatic N) is 1. The predicted octanol–water partition coefficient (Wildman–Crippen LogP) is 3.80. The van der Waals surface area contributed by atoms with Gasteiger partial charge in [-0.3, -0.25) is 4.79 Å². The topological polar surface area (TPSA) is 97.4 Å². The molecule has 6 heteroatoms. The third kappa shape index (κ3) is 4.92. The zero-order chi connectivity index (χ0) is 22.3. The molecule has 3 rings (SSSR count). The largest absolute Gasteiger partial charge is 0.496 e. The molecule has 0 aromatic heterocycles. The number of para-hydroxylation sites is 1. The number of methoxy groups -OCH3 is 1. The van der Waals surface area contributed by atoms with Gasteiger partial charge in [-0.25, -0.2) is 0 Å². The van der Waals surface area contributed by atoms with Gasteiger partial charge in [0, 0.05) is 29.8 Å². The number of Topliss-reactive ketones (excluding diaryl/α,β-unsaturated/α-hetero) is 1. The second-order valence-corrected chi connectivity index (χ2v) is 7.98. The van der Waals surface area contributed by atoms with Crippen molar-refractivity contribution in [2.45, 2.75) is 46.5 Å². The first-order valence-corrected chi connectivity index (χ1v) is 10.5. The molecule has 0 bridgehead atoms. The lowest BCUT2D eigenvalue weighted by atomic mass is 9.68. The third-order valence-corrected chi connectivity index (χ3v) is 5.20. The molecular weight excluding hydrogens is 378 g/mol. The Labute approximate surface area is 179 Å². The summed E-state index contributed by atoms with van der Waals surface area (Å²) in [5.74, 6) is 0.274. The minimum Gasteiger partial charge on any atom is -0.496 e. The lowest BCUT2D eigenvalue weighted by Gasteiger charge is -2.39. The van der Waals surface area contributed by atoms with E-state index in [0.717, 1.165) is 17.7 Å². The van der Waals surface area contributed by atoms with Gasteiger partial charge in [-0.05, 0) is 17.9 Å². The number of nitrogens with two attached hydrogens (primary N) is 1. The fourth-order valence-electron chi connectivity index (χ4n) is 4.07. The lowest BCUT2D eigenvalue weighted by molar-refractivity contribution is -0.118. The van der Waals surface area contributed by atoms with Gasteiger partial charge >= 0.3 is 0 Å². The van der Waals surface area contributed by atoms with E-state index in [4.69, 9.17) is 15.2 Å². The zero-order valence-corrected chi connectivity index (χ0v) is 18.7. The normalized spacial score (nSPS) is 19.9. The molecule has 1 aliphatic heterocycles. The minimum absolute atomic E-state index is 0.0735. The molecule has 0 saturated carbocycles. The summed E-state index contributed by atoms with van der Waals surface area (Å²) in [4.78, 5) is 13.1. The van der Waals surface area contributed by atoms with Gasteiger partial charge in [-0.15, -0.1) is 0 Å². The van der Waals surface area contributed by atoms with Crippen LogP contribution in [0.5, 0.6) is 5.75 Å². The van der Waals surface area contributed by atoms with Crippen molar-refractivity contribution in [1.29, 1.82) is 5.26 Å². The Morgan fingerprint density at radius 3 is 2.60 bits per heavy atom. The van der Waals surface area contributed by atoms with Crippen molar-refractivity contribution in [2.75, 3.05) is 26.9 Å².